The number of thiophene rings is 1. The maximum atomic E-state index is 12.8. The summed E-state index contributed by atoms with van der Waals surface area (Å²) in [4.78, 5) is 18.4. The van der Waals surface area contributed by atoms with Gasteiger partial charge in [0.05, 0.1) is 11.5 Å². The highest BCUT2D eigenvalue weighted by Gasteiger charge is 2.59. The molecule has 0 bridgehead atoms. The summed E-state index contributed by atoms with van der Waals surface area (Å²) in [5.74, 6) is 0.209. The summed E-state index contributed by atoms with van der Waals surface area (Å²) < 4.78 is 5.94. The van der Waals surface area contributed by atoms with Crippen molar-refractivity contribution >= 4 is 17.2 Å². The minimum atomic E-state index is 0.209. The molecule has 0 N–H and O–H groups in total. The van der Waals surface area contributed by atoms with Gasteiger partial charge in [-0.1, -0.05) is 36.4 Å². The van der Waals surface area contributed by atoms with Crippen molar-refractivity contribution in [3.8, 4) is 0 Å². The molecule has 2 spiro atoms. The third-order valence-electron chi connectivity index (χ3n) is 7.27. The van der Waals surface area contributed by atoms with E-state index in [9.17, 15) is 4.79 Å². The van der Waals surface area contributed by atoms with Gasteiger partial charge in [0.2, 0.25) is 0 Å². The molecule has 3 aliphatic heterocycles. The van der Waals surface area contributed by atoms with Crippen molar-refractivity contribution < 1.29 is 9.53 Å². The van der Waals surface area contributed by atoms with Gasteiger partial charge in [0, 0.05) is 44.7 Å². The smallest absolute Gasteiger partial charge is 0.263 e. The van der Waals surface area contributed by atoms with Crippen molar-refractivity contribution in [3.63, 3.8) is 0 Å². The second-order valence-electron chi connectivity index (χ2n) is 8.76. The van der Waals surface area contributed by atoms with Gasteiger partial charge in [0.25, 0.3) is 5.91 Å². The zero-order valence-electron chi connectivity index (χ0n) is 16.3. The molecule has 1 aromatic heterocycles. The number of carbonyl (C=O) groups excluding carboxylic acids is 1. The van der Waals surface area contributed by atoms with Gasteiger partial charge in [0.1, 0.15) is 0 Å². The standard InChI is InChI=1S/C23H28N2O2S/c26-21(20-7-4-14-28-20)25-11-8-22(9-12-25)16-24(15-19-5-2-1-3-6-19)17-23(22)10-13-27-18-23/h1-7,14H,8-13,15-18H2. The van der Waals surface area contributed by atoms with Crippen LogP contribution in [0.1, 0.15) is 34.5 Å². The highest BCUT2D eigenvalue weighted by atomic mass is 32.1. The molecule has 1 amide bonds. The van der Waals surface area contributed by atoms with E-state index in [1.807, 2.05) is 17.5 Å². The second-order valence-corrected chi connectivity index (χ2v) is 9.71. The Bertz CT molecular complexity index is 806. The van der Waals surface area contributed by atoms with Crippen molar-refractivity contribution in [2.75, 3.05) is 39.4 Å². The monoisotopic (exact) mass is 396 g/mol. The Morgan fingerprint density at radius 1 is 1.00 bits per heavy atom. The zero-order chi connectivity index (χ0) is 19.0. The lowest BCUT2D eigenvalue weighted by Gasteiger charge is -2.47. The van der Waals surface area contributed by atoms with Gasteiger partial charge in [-0.3, -0.25) is 9.69 Å². The molecule has 1 unspecified atom stereocenters. The first-order valence-corrected chi connectivity index (χ1v) is 11.2. The van der Waals surface area contributed by atoms with E-state index in [1.165, 1.54) is 5.56 Å². The van der Waals surface area contributed by atoms with E-state index < -0.39 is 0 Å². The average Bonchev–Trinajstić information content (AvgIpc) is 3.46. The summed E-state index contributed by atoms with van der Waals surface area (Å²) in [6, 6.07) is 14.7. The molecule has 1 atom stereocenters. The number of ether oxygens (including phenoxy) is 1. The van der Waals surface area contributed by atoms with Crippen molar-refractivity contribution in [3.05, 3.63) is 58.3 Å². The minimum Gasteiger partial charge on any atom is -0.381 e. The summed E-state index contributed by atoms with van der Waals surface area (Å²) in [5, 5.41) is 1.99. The van der Waals surface area contributed by atoms with Crippen LogP contribution in [0.2, 0.25) is 0 Å². The molecule has 3 saturated heterocycles. The molecule has 0 aliphatic carbocycles. The van der Waals surface area contributed by atoms with Crippen LogP contribution in [-0.4, -0.2) is 55.1 Å². The molecule has 0 radical (unpaired) electrons. The van der Waals surface area contributed by atoms with Crippen LogP contribution < -0.4 is 0 Å². The molecule has 0 saturated carbocycles. The fourth-order valence-corrected chi connectivity index (χ4v) is 6.42. The SMILES string of the molecule is O=C(c1cccs1)N1CCC2(CC1)CN(Cc1ccccc1)CC21CCOC1. The highest BCUT2D eigenvalue weighted by molar-refractivity contribution is 7.12. The van der Waals surface area contributed by atoms with Crippen molar-refractivity contribution in [2.45, 2.75) is 25.8 Å². The Morgan fingerprint density at radius 2 is 1.79 bits per heavy atom. The number of nitrogens with zero attached hydrogens (tertiary/aromatic N) is 2. The minimum absolute atomic E-state index is 0.209. The summed E-state index contributed by atoms with van der Waals surface area (Å²) in [7, 11) is 0. The van der Waals surface area contributed by atoms with Crippen LogP contribution in [0.4, 0.5) is 0 Å². The number of benzene rings is 1. The molecule has 5 rings (SSSR count). The van der Waals surface area contributed by atoms with Gasteiger partial charge < -0.3 is 9.64 Å². The third-order valence-corrected chi connectivity index (χ3v) is 8.13. The summed E-state index contributed by atoms with van der Waals surface area (Å²) in [6.45, 7) is 6.79. The quantitative estimate of drug-likeness (QED) is 0.789. The summed E-state index contributed by atoms with van der Waals surface area (Å²) in [5.41, 5.74) is 1.93. The first-order chi connectivity index (χ1) is 13.7. The number of hydrogen-bond donors (Lipinski definition) is 0. The average molecular weight is 397 g/mol. The lowest BCUT2D eigenvalue weighted by Crippen LogP contribution is -2.51. The van der Waals surface area contributed by atoms with Crippen molar-refractivity contribution in [1.29, 1.82) is 0 Å². The number of likely N-dealkylation sites (tertiary alicyclic amines) is 2. The molecular weight excluding hydrogens is 368 g/mol. The van der Waals surface area contributed by atoms with Gasteiger partial charge in [-0.2, -0.15) is 0 Å². The third kappa shape index (κ3) is 3.10. The summed E-state index contributed by atoms with van der Waals surface area (Å²) >= 11 is 1.55. The van der Waals surface area contributed by atoms with E-state index in [4.69, 9.17) is 4.74 Å². The van der Waals surface area contributed by atoms with Crippen molar-refractivity contribution in [1.82, 2.24) is 9.80 Å². The molecule has 28 heavy (non-hydrogen) atoms. The molecule has 3 aliphatic rings. The number of amides is 1. The predicted molar refractivity (Wildman–Crippen MR) is 111 cm³/mol. The second kappa shape index (κ2) is 7.29. The lowest BCUT2D eigenvalue weighted by atomic mass is 9.60. The number of rotatable bonds is 3. The van der Waals surface area contributed by atoms with Crippen LogP contribution >= 0.6 is 11.3 Å². The van der Waals surface area contributed by atoms with E-state index in [0.29, 0.717) is 0 Å². The summed E-state index contributed by atoms with van der Waals surface area (Å²) in [6.07, 6.45) is 3.36. The van der Waals surface area contributed by atoms with Gasteiger partial charge >= 0.3 is 0 Å². The van der Waals surface area contributed by atoms with E-state index in [2.05, 4.69) is 40.1 Å². The maximum absolute atomic E-state index is 12.8. The number of carbonyl (C=O) groups is 1. The molecule has 4 nitrogen and oxygen atoms in total. The highest BCUT2D eigenvalue weighted by Crippen LogP contribution is 2.57. The van der Waals surface area contributed by atoms with Crippen LogP contribution in [0.15, 0.2) is 47.8 Å². The van der Waals surface area contributed by atoms with Gasteiger partial charge in [-0.05, 0) is 41.7 Å². The van der Waals surface area contributed by atoms with Gasteiger partial charge in [-0.15, -0.1) is 11.3 Å². The van der Waals surface area contributed by atoms with E-state index in [0.717, 1.165) is 70.1 Å². The van der Waals surface area contributed by atoms with Crippen LogP contribution in [0.25, 0.3) is 0 Å². The molecule has 2 aromatic rings. The number of hydrogen-bond acceptors (Lipinski definition) is 4. The van der Waals surface area contributed by atoms with Crippen LogP contribution in [-0.2, 0) is 11.3 Å². The topological polar surface area (TPSA) is 32.8 Å². The normalized spacial score (nSPS) is 27.1. The first-order valence-electron chi connectivity index (χ1n) is 10.4. The Hall–Kier alpha value is -1.69. The lowest BCUT2D eigenvalue weighted by molar-refractivity contribution is 0.00852. The van der Waals surface area contributed by atoms with E-state index in [1.54, 1.807) is 11.3 Å². The Kier molecular flexibility index (Phi) is 4.77. The Labute approximate surface area is 171 Å². The van der Waals surface area contributed by atoms with Crippen LogP contribution in [0.5, 0.6) is 0 Å². The molecule has 3 fully saturated rings. The predicted octanol–water partition coefficient (Wildman–Crippen LogP) is 3.89. The molecular formula is C23H28N2O2S. The number of piperidine rings is 1. The van der Waals surface area contributed by atoms with Gasteiger partial charge in [-0.25, -0.2) is 0 Å². The maximum Gasteiger partial charge on any atom is 0.263 e. The molecule has 5 heteroatoms. The number of fused-ring (bicyclic) bond motifs is 1. The molecule has 148 valence electrons. The molecule has 4 heterocycles. The van der Waals surface area contributed by atoms with E-state index in [-0.39, 0.29) is 16.7 Å². The Morgan fingerprint density at radius 3 is 2.46 bits per heavy atom. The fourth-order valence-electron chi connectivity index (χ4n) is 5.73. The van der Waals surface area contributed by atoms with Gasteiger partial charge in [0.15, 0.2) is 0 Å². The first kappa shape index (κ1) is 18.3. The van der Waals surface area contributed by atoms with Crippen molar-refractivity contribution in [2.24, 2.45) is 10.8 Å². The largest absolute Gasteiger partial charge is 0.381 e. The van der Waals surface area contributed by atoms with E-state index >= 15 is 0 Å². The fraction of sp³-hybridized carbons (Fsp3) is 0.522. The molecule has 1 aromatic carbocycles. The Balaban J connectivity index is 1.32. The zero-order valence-corrected chi connectivity index (χ0v) is 17.1. The van der Waals surface area contributed by atoms with Crippen LogP contribution in [0.3, 0.4) is 0 Å². The van der Waals surface area contributed by atoms with Crippen LogP contribution in [0, 0.1) is 10.8 Å².